The second kappa shape index (κ2) is 11.7. The van der Waals surface area contributed by atoms with Gasteiger partial charge in [0.2, 0.25) is 0 Å². The van der Waals surface area contributed by atoms with E-state index >= 15 is 0 Å². The lowest BCUT2D eigenvalue weighted by atomic mass is 10.1. The molecular weight excluding hydrogens is 548 g/mol. The Morgan fingerprint density at radius 3 is 2.39 bits per heavy atom. The van der Waals surface area contributed by atoms with Gasteiger partial charge in [0, 0.05) is 10.2 Å². The predicted molar refractivity (Wildman–Crippen MR) is 137 cm³/mol. The van der Waals surface area contributed by atoms with Crippen LogP contribution in [0.1, 0.15) is 23.6 Å². The summed E-state index contributed by atoms with van der Waals surface area (Å²) in [6.45, 7) is 4.65. The molecule has 0 atom stereocenters. The number of aryl methyl sites for hydroxylation is 1. The molecule has 7 heteroatoms. The Hall–Kier alpha value is -3.08. The quantitative estimate of drug-likeness (QED) is 0.233. The Morgan fingerprint density at radius 2 is 1.76 bits per heavy atom. The zero-order valence-corrected chi connectivity index (χ0v) is 21.4. The first kappa shape index (κ1) is 24.6. The molecule has 0 fully saturated rings. The first-order chi connectivity index (χ1) is 15.9. The minimum atomic E-state index is -0.481. The maximum Gasteiger partial charge on any atom is 0.266 e. The van der Waals surface area contributed by atoms with Crippen molar-refractivity contribution < 1.29 is 14.3 Å². The van der Waals surface area contributed by atoms with Gasteiger partial charge in [0.15, 0.2) is 11.5 Å². The summed E-state index contributed by atoms with van der Waals surface area (Å²) >= 11 is 6.96. The van der Waals surface area contributed by atoms with Gasteiger partial charge in [-0.1, -0.05) is 45.8 Å². The average Bonchev–Trinajstić information content (AvgIpc) is 2.79. The van der Waals surface area contributed by atoms with Gasteiger partial charge in [-0.3, -0.25) is 4.79 Å². The fourth-order valence-electron chi connectivity index (χ4n) is 2.96. The van der Waals surface area contributed by atoms with Gasteiger partial charge in [0.05, 0.1) is 11.1 Å². The van der Waals surface area contributed by atoms with Crippen molar-refractivity contribution in [2.45, 2.75) is 20.5 Å². The van der Waals surface area contributed by atoms with Crippen molar-refractivity contribution in [1.29, 1.82) is 5.26 Å². The van der Waals surface area contributed by atoms with Crippen molar-refractivity contribution in [3.8, 4) is 17.6 Å². The minimum Gasteiger partial charge on any atom is -0.490 e. The number of carbonyl (C=O) groups is 1. The maximum absolute atomic E-state index is 12.6. The number of hydrogen-bond donors (Lipinski definition) is 1. The number of rotatable bonds is 8. The lowest BCUT2D eigenvalue weighted by Gasteiger charge is -2.15. The third kappa shape index (κ3) is 6.95. The van der Waals surface area contributed by atoms with E-state index in [2.05, 4.69) is 37.2 Å². The standard InChI is InChI=1S/C26H22Br2N2O3/c1-3-32-24-14-19(12-20(15-29)26(31)30-22-10-4-17(2)5-11-22)13-23(28)25(24)33-16-18-6-8-21(27)9-7-18/h4-14H,3,16H2,1-2H3,(H,30,31)/b20-12-. The highest BCUT2D eigenvalue weighted by Crippen LogP contribution is 2.38. The van der Waals surface area contributed by atoms with E-state index in [1.165, 1.54) is 6.08 Å². The molecule has 3 rings (SSSR count). The highest BCUT2D eigenvalue weighted by molar-refractivity contribution is 9.10. The molecule has 1 amide bonds. The number of anilines is 1. The Bertz CT molecular complexity index is 1200. The minimum absolute atomic E-state index is 0.0199. The third-order valence-corrected chi connectivity index (χ3v) is 5.73. The number of hydrogen-bond acceptors (Lipinski definition) is 4. The second-order valence-corrected chi connectivity index (χ2v) is 8.94. The van der Waals surface area contributed by atoms with Gasteiger partial charge in [-0.15, -0.1) is 0 Å². The highest BCUT2D eigenvalue weighted by atomic mass is 79.9. The van der Waals surface area contributed by atoms with Crippen molar-refractivity contribution in [2.24, 2.45) is 0 Å². The van der Waals surface area contributed by atoms with Crippen molar-refractivity contribution >= 4 is 49.5 Å². The number of nitriles is 1. The molecule has 0 saturated heterocycles. The van der Waals surface area contributed by atoms with Crippen LogP contribution in [0.3, 0.4) is 0 Å². The van der Waals surface area contributed by atoms with Gasteiger partial charge in [0.25, 0.3) is 5.91 Å². The summed E-state index contributed by atoms with van der Waals surface area (Å²) < 4.78 is 13.4. The lowest BCUT2D eigenvalue weighted by Crippen LogP contribution is -2.13. The molecule has 0 saturated carbocycles. The molecule has 5 nitrogen and oxygen atoms in total. The SMILES string of the molecule is CCOc1cc(/C=C(/C#N)C(=O)Nc2ccc(C)cc2)cc(Br)c1OCc1ccc(Br)cc1. The molecular formula is C26H22Br2N2O3. The largest absolute Gasteiger partial charge is 0.490 e. The summed E-state index contributed by atoms with van der Waals surface area (Å²) in [6.07, 6.45) is 1.52. The Balaban J connectivity index is 1.83. The molecule has 3 aromatic carbocycles. The van der Waals surface area contributed by atoms with E-state index in [0.717, 1.165) is 15.6 Å². The zero-order valence-electron chi connectivity index (χ0n) is 18.2. The summed E-state index contributed by atoms with van der Waals surface area (Å²) in [6, 6.07) is 20.7. The molecule has 0 heterocycles. The van der Waals surface area contributed by atoms with Crippen LogP contribution in [0.25, 0.3) is 6.08 Å². The first-order valence-corrected chi connectivity index (χ1v) is 11.8. The average molecular weight is 570 g/mol. The van der Waals surface area contributed by atoms with Crippen molar-refractivity contribution in [3.63, 3.8) is 0 Å². The van der Waals surface area contributed by atoms with Crippen LogP contribution in [-0.4, -0.2) is 12.5 Å². The fourth-order valence-corrected chi connectivity index (χ4v) is 3.80. The summed E-state index contributed by atoms with van der Waals surface area (Å²) in [5, 5.41) is 12.3. The molecule has 0 aliphatic rings. The van der Waals surface area contributed by atoms with Gasteiger partial charge >= 0.3 is 0 Å². The molecule has 168 valence electrons. The van der Waals surface area contributed by atoms with Crippen LogP contribution in [0, 0.1) is 18.3 Å². The van der Waals surface area contributed by atoms with E-state index in [1.807, 2.05) is 56.3 Å². The molecule has 3 aromatic rings. The van der Waals surface area contributed by atoms with Gasteiger partial charge < -0.3 is 14.8 Å². The maximum atomic E-state index is 12.6. The van der Waals surface area contributed by atoms with Crippen LogP contribution in [-0.2, 0) is 11.4 Å². The van der Waals surface area contributed by atoms with Crippen LogP contribution in [0.15, 0.2) is 75.2 Å². The number of nitrogens with one attached hydrogen (secondary N) is 1. The van der Waals surface area contributed by atoms with E-state index in [9.17, 15) is 10.1 Å². The summed E-state index contributed by atoms with van der Waals surface area (Å²) in [5.41, 5.74) is 3.33. The number of halogens is 2. The van der Waals surface area contributed by atoms with Crippen LogP contribution in [0.2, 0.25) is 0 Å². The Kier molecular flexibility index (Phi) is 8.70. The molecule has 0 aromatic heterocycles. The highest BCUT2D eigenvalue weighted by Gasteiger charge is 2.15. The van der Waals surface area contributed by atoms with Gasteiger partial charge in [0.1, 0.15) is 18.2 Å². The van der Waals surface area contributed by atoms with E-state index in [4.69, 9.17) is 9.47 Å². The smallest absolute Gasteiger partial charge is 0.266 e. The molecule has 0 bridgehead atoms. The van der Waals surface area contributed by atoms with Gasteiger partial charge in [-0.05, 0) is 83.4 Å². The molecule has 0 aliphatic heterocycles. The van der Waals surface area contributed by atoms with E-state index in [1.54, 1.807) is 24.3 Å². The van der Waals surface area contributed by atoms with E-state index < -0.39 is 5.91 Å². The van der Waals surface area contributed by atoms with Crippen molar-refractivity contribution in [3.05, 3.63) is 91.9 Å². The third-order valence-electron chi connectivity index (χ3n) is 4.61. The zero-order chi connectivity index (χ0) is 23.8. The number of amides is 1. The summed E-state index contributed by atoms with van der Waals surface area (Å²) in [7, 11) is 0. The number of nitrogens with zero attached hydrogens (tertiary/aromatic N) is 1. The molecule has 0 radical (unpaired) electrons. The Morgan fingerprint density at radius 1 is 1.06 bits per heavy atom. The fraction of sp³-hybridized carbons (Fsp3) is 0.154. The van der Waals surface area contributed by atoms with Gasteiger partial charge in [-0.2, -0.15) is 5.26 Å². The lowest BCUT2D eigenvalue weighted by molar-refractivity contribution is -0.112. The van der Waals surface area contributed by atoms with E-state index in [0.29, 0.717) is 40.4 Å². The number of ether oxygens (including phenoxy) is 2. The normalized spacial score (nSPS) is 10.9. The van der Waals surface area contributed by atoms with Crippen molar-refractivity contribution in [2.75, 3.05) is 11.9 Å². The first-order valence-electron chi connectivity index (χ1n) is 10.2. The molecule has 0 spiro atoms. The van der Waals surface area contributed by atoms with E-state index in [-0.39, 0.29) is 5.57 Å². The summed E-state index contributed by atoms with van der Waals surface area (Å²) in [4.78, 5) is 12.6. The monoisotopic (exact) mass is 568 g/mol. The topological polar surface area (TPSA) is 71.3 Å². The predicted octanol–water partition coefficient (Wildman–Crippen LogP) is 7.04. The second-order valence-electron chi connectivity index (χ2n) is 7.17. The molecule has 1 N–H and O–H groups in total. The van der Waals surface area contributed by atoms with Crippen LogP contribution in [0.4, 0.5) is 5.69 Å². The Labute approximate surface area is 210 Å². The number of benzene rings is 3. The number of carbonyl (C=O) groups excluding carboxylic acids is 1. The van der Waals surface area contributed by atoms with Crippen LogP contribution < -0.4 is 14.8 Å². The van der Waals surface area contributed by atoms with Crippen LogP contribution in [0.5, 0.6) is 11.5 Å². The summed E-state index contributed by atoms with van der Waals surface area (Å²) in [5.74, 6) is 0.594. The molecule has 33 heavy (non-hydrogen) atoms. The molecule has 0 unspecified atom stereocenters. The van der Waals surface area contributed by atoms with Crippen molar-refractivity contribution in [1.82, 2.24) is 0 Å². The van der Waals surface area contributed by atoms with Crippen LogP contribution >= 0.6 is 31.9 Å². The molecule has 0 aliphatic carbocycles. The van der Waals surface area contributed by atoms with Gasteiger partial charge in [-0.25, -0.2) is 0 Å².